The summed E-state index contributed by atoms with van der Waals surface area (Å²) in [5, 5.41) is 13.8. The average molecular weight is 326 g/mol. The maximum atomic E-state index is 12.0. The van der Waals surface area contributed by atoms with Crippen molar-refractivity contribution in [3.63, 3.8) is 0 Å². The molecule has 2 aromatic rings. The van der Waals surface area contributed by atoms with Gasteiger partial charge in [-0.1, -0.05) is 23.2 Å². The third-order valence-corrected chi connectivity index (χ3v) is 3.44. The number of rotatable bonds is 3. The predicted octanol–water partition coefficient (Wildman–Crippen LogP) is 3.86. The third kappa shape index (κ3) is 3.48. The maximum absolute atomic E-state index is 12.0. The zero-order valence-corrected chi connectivity index (χ0v) is 12.3. The van der Waals surface area contributed by atoms with E-state index in [4.69, 9.17) is 23.2 Å². The van der Waals surface area contributed by atoms with Crippen molar-refractivity contribution in [1.29, 1.82) is 0 Å². The molecule has 0 spiro atoms. The zero-order chi connectivity index (χ0) is 15.6. The highest BCUT2D eigenvalue weighted by molar-refractivity contribution is 6.42. The van der Waals surface area contributed by atoms with Gasteiger partial charge in [-0.05, 0) is 31.2 Å². The molecule has 0 unspecified atom stereocenters. The van der Waals surface area contributed by atoms with Crippen molar-refractivity contribution in [3.05, 3.63) is 61.7 Å². The lowest BCUT2D eigenvalue weighted by atomic mass is 10.2. The van der Waals surface area contributed by atoms with Gasteiger partial charge in [0.25, 0.3) is 11.6 Å². The first kappa shape index (κ1) is 15.2. The minimum Gasteiger partial charge on any atom is -0.307 e. The highest BCUT2D eigenvalue weighted by Crippen LogP contribution is 2.23. The number of hydrogen-bond donors (Lipinski definition) is 1. The van der Waals surface area contributed by atoms with E-state index in [0.29, 0.717) is 16.1 Å². The topological polar surface area (TPSA) is 85.1 Å². The monoisotopic (exact) mass is 325 g/mol. The van der Waals surface area contributed by atoms with Gasteiger partial charge in [0.2, 0.25) is 0 Å². The van der Waals surface area contributed by atoms with Gasteiger partial charge in [-0.15, -0.1) is 0 Å². The molecule has 0 fully saturated rings. The van der Waals surface area contributed by atoms with Crippen LogP contribution in [0.2, 0.25) is 10.0 Å². The van der Waals surface area contributed by atoms with Gasteiger partial charge in [0.05, 0.1) is 15.0 Å². The quantitative estimate of drug-likeness (QED) is 0.685. The van der Waals surface area contributed by atoms with Gasteiger partial charge in [0, 0.05) is 11.1 Å². The fraction of sp³-hybridized carbons (Fsp3) is 0.0769. The molecule has 1 aromatic carbocycles. The first-order valence-corrected chi connectivity index (χ1v) is 6.51. The summed E-state index contributed by atoms with van der Waals surface area (Å²) in [5.74, 6) is -0.219. The van der Waals surface area contributed by atoms with E-state index in [1.807, 2.05) is 0 Å². The third-order valence-electron chi connectivity index (χ3n) is 2.70. The summed E-state index contributed by atoms with van der Waals surface area (Å²) < 4.78 is 0. The molecule has 0 saturated carbocycles. The molecule has 0 aliphatic rings. The molecule has 21 heavy (non-hydrogen) atoms. The number of pyridine rings is 1. The number of hydrogen-bond acceptors (Lipinski definition) is 4. The van der Waals surface area contributed by atoms with E-state index in [1.54, 1.807) is 6.92 Å². The van der Waals surface area contributed by atoms with Crippen LogP contribution < -0.4 is 5.32 Å². The van der Waals surface area contributed by atoms with Crippen molar-refractivity contribution in [1.82, 2.24) is 4.98 Å². The molecule has 8 heteroatoms. The predicted molar refractivity (Wildman–Crippen MR) is 80.0 cm³/mol. The number of carbonyl (C=O) groups excluding carboxylic acids is 1. The maximum Gasteiger partial charge on any atom is 0.290 e. The van der Waals surface area contributed by atoms with Gasteiger partial charge in [0.1, 0.15) is 12.0 Å². The number of halogens is 2. The van der Waals surface area contributed by atoms with E-state index in [0.717, 1.165) is 6.20 Å². The Labute approximate surface area is 129 Å². The summed E-state index contributed by atoms with van der Waals surface area (Å²) in [5.41, 5.74) is 0.601. The standard InChI is InChI=1S/C13H9Cl2N3O3/c1-7-4-12(16-6-11(7)18(20)21)17-13(19)8-2-3-9(14)10(15)5-8/h2-6H,1H3,(H,16,17,19). The molecule has 0 atom stereocenters. The number of nitrogens with zero attached hydrogens (tertiary/aromatic N) is 2. The van der Waals surface area contributed by atoms with Crippen LogP contribution >= 0.6 is 23.2 Å². The molecule has 0 saturated heterocycles. The van der Waals surface area contributed by atoms with E-state index < -0.39 is 10.8 Å². The van der Waals surface area contributed by atoms with E-state index in [2.05, 4.69) is 10.3 Å². The minimum absolute atomic E-state index is 0.109. The Bertz CT molecular complexity index is 735. The summed E-state index contributed by atoms with van der Waals surface area (Å²) in [6.07, 6.45) is 1.10. The summed E-state index contributed by atoms with van der Waals surface area (Å²) >= 11 is 11.6. The molecule has 0 radical (unpaired) electrons. The summed E-state index contributed by atoms with van der Waals surface area (Å²) in [7, 11) is 0. The van der Waals surface area contributed by atoms with E-state index in [-0.39, 0.29) is 16.5 Å². The lowest BCUT2D eigenvalue weighted by molar-refractivity contribution is -0.385. The number of nitrogens with one attached hydrogen (secondary N) is 1. The molecular formula is C13H9Cl2N3O3. The van der Waals surface area contributed by atoms with Crippen molar-refractivity contribution >= 4 is 40.6 Å². The highest BCUT2D eigenvalue weighted by Gasteiger charge is 2.14. The van der Waals surface area contributed by atoms with Gasteiger partial charge >= 0.3 is 0 Å². The molecule has 1 amide bonds. The average Bonchev–Trinajstić information content (AvgIpc) is 2.41. The Kier molecular flexibility index (Phi) is 4.40. The summed E-state index contributed by atoms with van der Waals surface area (Å²) in [4.78, 5) is 26.0. The van der Waals surface area contributed by atoms with Gasteiger partial charge in [-0.25, -0.2) is 4.98 Å². The lowest BCUT2D eigenvalue weighted by Crippen LogP contribution is -2.13. The van der Waals surface area contributed by atoms with Crippen LogP contribution in [0.25, 0.3) is 0 Å². The Morgan fingerprint density at radius 3 is 2.57 bits per heavy atom. The molecule has 2 rings (SSSR count). The van der Waals surface area contributed by atoms with E-state index >= 15 is 0 Å². The van der Waals surface area contributed by atoms with E-state index in [9.17, 15) is 14.9 Å². The largest absolute Gasteiger partial charge is 0.307 e. The van der Waals surface area contributed by atoms with Crippen molar-refractivity contribution < 1.29 is 9.72 Å². The van der Waals surface area contributed by atoms with Crippen molar-refractivity contribution in [3.8, 4) is 0 Å². The fourth-order valence-electron chi connectivity index (χ4n) is 1.63. The van der Waals surface area contributed by atoms with Crippen LogP contribution in [0.1, 0.15) is 15.9 Å². The second-order valence-electron chi connectivity index (χ2n) is 4.20. The molecular weight excluding hydrogens is 317 g/mol. The number of aryl methyl sites for hydroxylation is 1. The SMILES string of the molecule is Cc1cc(NC(=O)c2ccc(Cl)c(Cl)c2)ncc1[N+](=O)[O-]. The Balaban J connectivity index is 2.21. The number of nitro groups is 1. The molecule has 1 N–H and O–H groups in total. The summed E-state index contributed by atoms with van der Waals surface area (Å²) in [6, 6.07) is 5.88. The minimum atomic E-state index is -0.535. The molecule has 1 heterocycles. The first-order chi connectivity index (χ1) is 9.88. The molecule has 108 valence electrons. The Morgan fingerprint density at radius 2 is 2.00 bits per heavy atom. The van der Waals surface area contributed by atoms with Crippen LogP contribution in [-0.4, -0.2) is 15.8 Å². The van der Waals surface area contributed by atoms with Crippen LogP contribution in [0.15, 0.2) is 30.5 Å². The molecule has 6 nitrogen and oxygen atoms in total. The Morgan fingerprint density at radius 1 is 1.29 bits per heavy atom. The van der Waals surface area contributed by atoms with Gasteiger partial charge in [-0.2, -0.15) is 0 Å². The van der Waals surface area contributed by atoms with Gasteiger partial charge in [0.15, 0.2) is 0 Å². The van der Waals surface area contributed by atoms with Crippen LogP contribution in [0, 0.1) is 17.0 Å². The number of benzene rings is 1. The number of aromatic nitrogens is 1. The number of amides is 1. The second-order valence-corrected chi connectivity index (χ2v) is 5.01. The fourth-order valence-corrected chi connectivity index (χ4v) is 1.93. The normalized spacial score (nSPS) is 10.2. The van der Waals surface area contributed by atoms with Crippen molar-refractivity contribution in [2.75, 3.05) is 5.32 Å². The molecule has 0 aliphatic heterocycles. The number of anilines is 1. The molecule has 0 bridgehead atoms. The Hall–Kier alpha value is -2.18. The van der Waals surface area contributed by atoms with Crippen LogP contribution in [0.3, 0.4) is 0 Å². The first-order valence-electron chi connectivity index (χ1n) is 5.76. The lowest BCUT2D eigenvalue weighted by Gasteiger charge is -2.06. The van der Waals surface area contributed by atoms with Gasteiger partial charge < -0.3 is 5.32 Å². The van der Waals surface area contributed by atoms with Crippen molar-refractivity contribution in [2.45, 2.75) is 6.92 Å². The van der Waals surface area contributed by atoms with Crippen LogP contribution in [-0.2, 0) is 0 Å². The van der Waals surface area contributed by atoms with E-state index in [1.165, 1.54) is 24.3 Å². The molecule has 0 aliphatic carbocycles. The van der Waals surface area contributed by atoms with Crippen LogP contribution in [0.4, 0.5) is 11.5 Å². The molecule has 1 aromatic heterocycles. The smallest absolute Gasteiger partial charge is 0.290 e. The number of carbonyl (C=O) groups is 1. The second kappa shape index (κ2) is 6.07. The summed E-state index contributed by atoms with van der Waals surface area (Å²) in [6.45, 7) is 1.56. The van der Waals surface area contributed by atoms with Crippen molar-refractivity contribution in [2.24, 2.45) is 0 Å². The highest BCUT2D eigenvalue weighted by atomic mass is 35.5. The van der Waals surface area contributed by atoms with Gasteiger partial charge in [-0.3, -0.25) is 14.9 Å². The zero-order valence-electron chi connectivity index (χ0n) is 10.8. The van der Waals surface area contributed by atoms with Crippen LogP contribution in [0.5, 0.6) is 0 Å².